The molecule has 7 heteroatoms. The predicted octanol–water partition coefficient (Wildman–Crippen LogP) is 1.35. The van der Waals surface area contributed by atoms with Crippen molar-refractivity contribution in [1.29, 1.82) is 0 Å². The summed E-state index contributed by atoms with van der Waals surface area (Å²) in [6.45, 7) is 10.7. The minimum atomic E-state index is -0.774. The fourth-order valence-electron chi connectivity index (χ4n) is 1.93. The zero-order valence-corrected chi connectivity index (χ0v) is 15.1. The SMILES string of the molecule is CC(=O)C(CCCN)NC(=O)C(NC(=O)OC(C)(C)C)C(C)C. The molecule has 4 N–H and O–H groups in total. The molecule has 0 saturated heterocycles. The zero-order chi connectivity index (χ0) is 18.2. The predicted molar refractivity (Wildman–Crippen MR) is 88.9 cm³/mol. The Labute approximate surface area is 138 Å². The molecule has 0 heterocycles. The molecule has 0 aromatic rings. The van der Waals surface area contributed by atoms with E-state index in [9.17, 15) is 14.4 Å². The Kier molecular flexibility index (Phi) is 8.82. The molecular weight excluding hydrogens is 298 g/mol. The summed E-state index contributed by atoms with van der Waals surface area (Å²) in [7, 11) is 0. The van der Waals surface area contributed by atoms with E-state index in [2.05, 4.69) is 10.6 Å². The minimum absolute atomic E-state index is 0.133. The molecule has 0 spiro atoms. The molecule has 0 fully saturated rings. The van der Waals surface area contributed by atoms with Crippen LogP contribution in [0.5, 0.6) is 0 Å². The first-order valence-corrected chi connectivity index (χ1v) is 7.98. The van der Waals surface area contributed by atoms with Crippen molar-refractivity contribution < 1.29 is 19.1 Å². The number of carbonyl (C=O) groups is 3. The Hall–Kier alpha value is -1.63. The Morgan fingerprint density at radius 2 is 1.70 bits per heavy atom. The van der Waals surface area contributed by atoms with Gasteiger partial charge in [0.05, 0.1) is 6.04 Å². The van der Waals surface area contributed by atoms with Crippen LogP contribution in [0.3, 0.4) is 0 Å². The van der Waals surface area contributed by atoms with E-state index in [4.69, 9.17) is 10.5 Å². The lowest BCUT2D eigenvalue weighted by atomic mass is 10.0. The maximum absolute atomic E-state index is 12.4. The molecule has 0 bridgehead atoms. The summed E-state index contributed by atoms with van der Waals surface area (Å²) >= 11 is 0. The van der Waals surface area contributed by atoms with E-state index >= 15 is 0 Å². The lowest BCUT2D eigenvalue weighted by molar-refractivity contribution is -0.129. The van der Waals surface area contributed by atoms with Gasteiger partial charge in [0.25, 0.3) is 0 Å². The summed E-state index contributed by atoms with van der Waals surface area (Å²) in [6, 6.07) is -1.36. The fourth-order valence-corrected chi connectivity index (χ4v) is 1.93. The van der Waals surface area contributed by atoms with E-state index in [1.165, 1.54) is 6.92 Å². The third-order valence-electron chi connectivity index (χ3n) is 3.13. The molecular formula is C16H31N3O4. The standard InChI is InChI=1S/C16H31N3O4/c1-10(2)13(19-15(22)23-16(4,5)6)14(21)18-12(11(3)20)8-7-9-17/h10,12-13H,7-9,17H2,1-6H3,(H,18,21)(H,19,22). The monoisotopic (exact) mass is 329 g/mol. The van der Waals surface area contributed by atoms with Gasteiger partial charge < -0.3 is 21.1 Å². The highest BCUT2D eigenvalue weighted by Gasteiger charge is 2.29. The quantitative estimate of drug-likeness (QED) is 0.622. The van der Waals surface area contributed by atoms with E-state index in [1.807, 2.05) is 13.8 Å². The Bertz CT molecular complexity index is 416. The number of carbonyl (C=O) groups excluding carboxylic acids is 3. The molecule has 0 radical (unpaired) electrons. The first-order valence-electron chi connectivity index (χ1n) is 7.98. The van der Waals surface area contributed by atoms with Gasteiger partial charge in [-0.05, 0) is 53.0 Å². The second kappa shape index (κ2) is 9.50. The van der Waals surface area contributed by atoms with Gasteiger partial charge in [-0.1, -0.05) is 13.8 Å². The average Bonchev–Trinajstić information content (AvgIpc) is 2.37. The zero-order valence-electron chi connectivity index (χ0n) is 15.1. The van der Waals surface area contributed by atoms with Gasteiger partial charge in [-0.2, -0.15) is 0 Å². The van der Waals surface area contributed by atoms with Crippen molar-refractivity contribution in [2.75, 3.05) is 6.54 Å². The van der Waals surface area contributed by atoms with Crippen molar-refractivity contribution in [1.82, 2.24) is 10.6 Å². The third kappa shape index (κ3) is 9.18. The van der Waals surface area contributed by atoms with Crippen molar-refractivity contribution in [2.45, 2.75) is 72.1 Å². The lowest BCUT2D eigenvalue weighted by Crippen LogP contribution is -2.54. The molecule has 0 aliphatic rings. The molecule has 2 atom stereocenters. The summed E-state index contributed by atoms with van der Waals surface area (Å²) in [6.07, 6.45) is 0.457. The summed E-state index contributed by atoms with van der Waals surface area (Å²) in [4.78, 5) is 35.9. The molecule has 134 valence electrons. The number of ether oxygens (including phenoxy) is 1. The van der Waals surface area contributed by atoms with Crippen LogP contribution >= 0.6 is 0 Å². The van der Waals surface area contributed by atoms with Gasteiger partial charge >= 0.3 is 6.09 Å². The van der Waals surface area contributed by atoms with Crippen molar-refractivity contribution in [2.24, 2.45) is 11.7 Å². The first kappa shape index (κ1) is 21.4. The van der Waals surface area contributed by atoms with Crippen molar-refractivity contribution >= 4 is 17.8 Å². The van der Waals surface area contributed by atoms with Crippen LogP contribution in [0.1, 0.15) is 54.4 Å². The normalized spacial score (nSPS) is 14.1. The molecule has 0 rings (SSSR count). The number of alkyl carbamates (subject to hydrolysis) is 1. The highest BCUT2D eigenvalue weighted by Crippen LogP contribution is 2.09. The van der Waals surface area contributed by atoms with E-state index in [-0.39, 0.29) is 11.7 Å². The van der Waals surface area contributed by atoms with E-state index < -0.39 is 29.7 Å². The molecule has 0 aliphatic carbocycles. The van der Waals surface area contributed by atoms with Gasteiger partial charge in [0.2, 0.25) is 5.91 Å². The fraction of sp³-hybridized carbons (Fsp3) is 0.812. The number of rotatable bonds is 8. The molecule has 7 nitrogen and oxygen atoms in total. The number of ketones is 1. The minimum Gasteiger partial charge on any atom is -0.444 e. The second-order valence-corrected chi connectivity index (χ2v) is 6.97. The topological polar surface area (TPSA) is 111 Å². The largest absolute Gasteiger partial charge is 0.444 e. The van der Waals surface area contributed by atoms with Gasteiger partial charge in [-0.15, -0.1) is 0 Å². The van der Waals surface area contributed by atoms with Gasteiger partial charge in [-0.3, -0.25) is 9.59 Å². The van der Waals surface area contributed by atoms with Crippen LogP contribution < -0.4 is 16.4 Å². The molecule has 0 aromatic heterocycles. The van der Waals surface area contributed by atoms with Crippen LogP contribution in [0.4, 0.5) is 4.79 Å². The van der Waals surface area contributed by atoms with Crippen LogP contribution in [0.15, 0.2) is 0 Å². The number of hydrogen-bond acceptors (Lipinski definition) is 5. The molecule has 0 aliphatic heterocycles. The van der Waals surface area contributed by atoms with E-state index in [1.54, 1.807) is 20.8 Å². The Morgan fingerprint density at radius 1 is 1.13 bits per heavy atom. The van der Waals surface area contributed by atoms with Crippen molar-refractivity contribution in [3.63, 3.8) is 0 Å². The second-order valence-electron chi connectivity index (χ2n) is 6.97. The van der Waals surface area contributed by atoms with Gasteiger partial charge in [0.1, 0.15) is 11.6 Å². The summed E-state index contributed by atoms with van der Waals surface area (Å²) in [5, 5.41) is 5.25. The summed E-state index contributed by atoms with van der Waals surface area (Å²) in [5.41, 5.74) is 4.80. The van der Waals surface area contributed by atoms with Crippen LogP contribution in [-0.4, -0.2) is 42.0 Å². The van der Waals surface area contributed by atoms with Crippen LogP contribution in [0.25, 0.3) is 0 Å². The Morgan fingerprint density at radius 3 is 2.09 bits per heavy atom. The van der Waals surface area contributed by atoms with Gasteiger partial charge in [-0.25, -0.2) is 4.79 Å². The highest BCUT2D eigenvalue weighted by molar-refractivity contribution is 5.91. The molecule has 23 heavy (non-hydrogen) atoms. The molecule has 2 amide bonds. The molecule has 0 aromatic carbocycles. The highest BCUT2D eigenvalue weighted by atomic mass is 16.6. The number of nitrogens with one attached hydrogen (secondary N) is 2. The third-order valence-corrected chi connectivity index (χ3v) is 3.13. The average molecular weight is 329 g/mol. The van der Waals surface area contributed by atoms with Crippen molar-refractivity contribution in [3.8, 4) is 0 Å². The smallest absolute Gasteiger partial charge is 0.408 e. The maximum atomic E-state index is 12.4. The van der Waals surface area contributed by atoms with Crippen LogP contribution in [-0.2, 0) is 14.3 Å². The lowest BCUT2D eigenvalue weighted by Gasteiger charge is -2.26. The summed E-state index contributed by atoms with van der Waals surface area (Å²) in [5.74, 6) is -0.681. The maximum Gasteiger partial charge on any atom is 0.408 e. The van der Waals surface area contributed by atoms with Crippen molar-refractivity contribution in [3.05, 3.63) is 0 Å². The van der Waals surface area contributed by atoms with Crippen LogP contribution in [0.2, 0.25) is 0 Å². The number of hydrogen-bond donors (Lipinski definition) is 3. The van der Waals surface area contributed by atoms with Gasteiger partial charge in [0.15, 0.2) is 5.78 Å². The Balaban J connectivity index is 4.84. The number of Topliss-reactive ketones (excluding diaryl/α,β-unsaturated/α-hetero) is 1. The van der Waals surface area contributed by atoms with E-state index in [0.29, 0.717) is 19.4 Å². The summed E-state index contributed by atoms with van der Waals surface area (Å²) < 4.78 is 5.17. The van der Waals surface area contributed by atoms with E-state index in [0.717, 1.165) is 0 Å². The first-order chi connectivity index (χ1) is 10.5. The molecule has 0 saturated carbocycles. The van der Waals surface area contributed by atoms with Crippen LogP contribution in [0, 0.1) is 5.92 Å². The molecule has 2 unspecified atom stereocenters. The number of nitrogens with two attached hydrogens (primary N) is 1. The van der Waals surface area contributed by atoms with Gasteiger partial charge in [0, 0.05) is 0 Å². The number of amides is 2.